The molecule has 1 atom stereocenters. The van der Waals surface area contributed by atoms with Crippen LogP contribution in [0.3, 0.4) is 0 Å². The molecule has 4 heteroatoms. The Morgan fingerprint density at radius 1 is 1.24 bits per heavy atom. The number of rotatable bonds is 3. The Balaban J connectivity index is 2.19. The minimum absolute atomic E-state index is 0.268. The zero-order valence-electron chi connectivity index (χ0n) is 10.3. The number of hydrogen-bond donors (Lipinski definition) is 1. The molecule has 0 bridgehead atoms. The predicted molar refractivity (Wildman–Crippen MR) is 63.7 cm³/mol. The van der Waals surface area contributed by atoms with E-state index in [0.29, 0.717) is 12.2 Å². The molecule has 0 saturated carbocycles. The summed E-state index contributed by atoms with van der Waals surface area (Å²) in [7, 11) is 0. The predicted octanol–water partition coefficient (Wildman–Crippen LogP) is 2.33. The van der Waals surface area contributed by atoms with Crippen LogP contribution in [0.4, 0.5) is 0 Å². The Morgan fingerprint density at radius 2 is 1.88 bits per heavy atom. The highest BCUT2D eigenvalue weighted by molar-refractivity contribution is 5.30. The van der Waals surface area contributed by atoms with Gasteiger partial charge in [0.2, 0.25) is 0 Å². The molecule has 0 fully saturated rings. The third-order valence-corrected chi connectivity index (χ3v) is 2.48. The lowest BCUT2D eigenvalue weighted by Crippen LogP contribution is -1.94. The lowest BCUT2D eigenvalue weighted by atomic mass is 10.1. The van der Waals surface area contributed by atoms with Crippen molar-refractivity contribution in [2.24, 2.45) is 0 Å². The Labute approximate surface area is 100 Å². The van der Waals surface area contributed by atoms with Crippen molar-refractivity contribution >= 4 is 0 Å². The van der Waals surface area contributed by atoms with Crippen LogP contribution in [0.2, 0.25) is 0 Å². The average Bonchev–Trinajstić information content (AvgIpc) is 2.64. The Hall–Kier alpha value is -1.68. The zero-order valence-corrected chi connectivity index (χ0v) is 10.3. The number of aliphatic hydroxyl groups is 1. The van der Waals surface area contributed by atoms with Crippen LogP contribution in [-0.2, 0) is 6.42 Å². The molecule has 1 N–H and O–H groups in total. The number of aromatic nitrogens is 2. The maximum Gasteiger partial charge on any atom is 0.255 e. The first-order valence-corrected chi connectivity index (χ1v) is 5.62. The molecule has 1 aromatic heterocycles. The normalized spacial score (nSPS) is 12.7. The molecule has 1 aromatic carbocycles. The lowest BCUT2D eigenvalue weighted by molar-refractivity contribution is 0.151. The van der Waals surface area contributed by atoms with E-state index in [0.717, 1.165) is 5.56 Å². The molecular weight excluding hydrogens is 216 g/mol. The van der Waals surface area contributed by atoms with Crippen molar-refractivity contribution in [1.82, 2.24) is 10.1 Å². The summed E-state index contributed by atoms with van der Waals surface area (Å²) in [5.41, 5.74) is 3.60. The van der Waals surface area contributed by atoms with Gasteiger partial charge >= 0.3 is 0 Å². The van der Waals surface area contributed by atoms with Crippen molar-refractivity contribution in [1.29, 1.82) is 0 Å². The van der Waals surface area contributed by atoms with Crippen LogP contribution in [0.5, 0.6) is 0 Å². The van der Waals surface area contributed by atoms with E-state index in [1.807, 2.05) is 0 Å². The summed E-state index contributed by atoms with van der Waals surface area (Å²) >= 11 is 0. The molecule has 0 spiro atoms. The van der Waals surface area contributed by atoms with Gasteiger partial charge in [0.15, 0.2) is 5.82 Å². The largest absolute Gasteiger partial charge is 0.384 e. The first kappa shape index (κ1) is 11.8. The highest BCUT2D eigenvalue weighted by Crippen LogP contribution is 2.14. The molecule has 4 nitrogen and oxygen atoms in total. The summed E-state index contributed by atoms with van der Waals surface area (Å²) in [5, 5.41) is 13.1. The quantitative estimate of drug-likeness (QED) is 0.882. The fourth-order valence-electron chi connectivity index (χ4n) is 1.86. The van der Waals surface area contributed by atoms with Gasteiger partial charge in [0.25, 0.3) is 5.89 Å². The maximum atomic E-state index is 9.30. The van der Waals surface area contributed by atoms with Crippen molar-refractivity contribution in [2.75, 3.05) is 0 Å². The molecule has 90 valence electrons. The molecular formula is C13H16N2O2. The molecule has 17 heavy (non-hydrogen) atoms. The second-order valence-corrected chi connectivity index (χ2v) is 4.40. The molecule has 0 saturated heterocycles. The highest BCUT2D eigenvalue weighted by Gasteiger charge is 2.11. The molecule has 0 aliphatic heterocycles. The first-order valence-electron chi connectivity index (χ1n) is 5.62. The smallest absolute Gasteiger partial charge is 0.255 e. The Morgan fingerprint density at radius 3 is 2.41 bits per heavy atom. The van der Waals surface area contributed by atoms with Crippen molar-refractivity contribution in [3.05, 3.63) is 46.6 Å². The molecule has 0 aliphatic rings. The number of aryl methyl sites for hydroxylation is 2. The fourth-order valence-corrected chi connectivity index (χ4v) is 1.86. The number of hydrogen-bond acceptors (Lipinski definition) is 4. The molecule has 2 aromatic rings. The van der Waals surface area contributed by atoms with Gasteiger partial charge in [-0.2, -0.15) is 4.98 Å². The van der Waals surface area contributed by atoms with Gasteiger partial charge in [-0.25, -0.2) is 0 Å². The van der Waals surface area contributed by atoms with Crippen LogP contribution in [-0.4, -0.2) is 15.2 Å². The van der Waals surface area contributed by atoms with Crippen molar-refractivity contribution < 1.29 is 9.63 Å². The van der Waals surface area contributed by atoms with Gasteiger partial charge in [0.1, 0.15) is 6.10 Å². The minimum atomic E-state index is -0.713. The van der Waals surface area contributed by atoms with Crippen LogP contribution in [0.1, 0.15) is 41.4 Å². The minimum Gasteiger partial charge on any atom is -0.384 e. The molecule has 2 rings (SSSR count). The number of nitrogens with zero attached hydrogens (tertiary/aromatic N) is 2. The van der Waals surface area contributed by atoms with Crippen LogP contribution < -0.4 is 0 Å². The van der Waals surface area contributed by atoms with E-state index in [4.69, 9.17) is 4.52 Å². The van der Waals surface area contributed by atoms with E-state index in [1.54, 1.807) is 6.92 Å². The van der Waals surface area contributed by atoms with E-state index < -0.39 is 6.10 Å². The Kier molecular flexibility index (Phi) is 3.24. The van der Waals surface area contributed by atoms with Crippen molar-refractivity contribution in [3.63, 3.8) is 0 Å². The molecule has 0 unspecified atom stereocenters. The SMILES string of the molecule is Cc1cc(C)cc(Cc2noc([C@@H](C)O)n2)c1. The summed E-state index contributed by atoms with van der Waals surface area (Å²) in [6, 6.07) is 6.33. The van der Waals surface area contributed by atoms with Gasteiger partial charge in [-0.1, -0.05) is 34.5 Å². The summed E-state index contributed by atoms with van der Waals surface area (Å²) in [5.74, 6) is 0.871. The van der Waals surface area contributed by atoms with Gasteiger partial charge in [0.05, 0.1) is 0 Å². The summed E-state index contributed by atoms with van der Waals surface area (Å²) in [4.78, 5) is 4.14. The van der Waals surface area contributed by atoms with E-state index in [-0.39, 0.29) is 5.89 Å². The van der Waals surface area contributed by atoms with Crippen LogP contribution >= 0.6 is 0 Å². The molecule has 0 amide bonds. The highest BCUT2D eigenvalue weighted by atomic mass is 16.5. The zero-order chi connectivity index (χ0) is 12.4. The third-order valence-electron chi connectivity index (χ3n) is 2.48. The monoisotopic (exact) mass is 232 g/mol. The first-order chi connectivity index (χ1) is 8.04. The van der Waals surface area contributed by atoms with Gasteiger partial charge < -0.3 is 9.63 Å². The molecule has 0 radical (unpaired) electrons. The summed E-state index contributed by atoms with van der Waals surface area (Å²) < 4.78 is 4.95. The standard InChI is InChI=1S/C13H16N2O2/c1-8-4-9(2)6-11(5-8)7-12-14-13(10(3)16)17-15-12/h4-6,10,16H,7H2,1-3H3/t10-/m1/s1. The topological polar surface area (TPSA) is 59.2 Å². The van der Waals surface area contributed by atoms with E-state index in [2.05, 4.69) is 42.2 Å². The summed E-state index contributed by atoms with van der Waals surface area (Å²) in [6.07, 6.45) is -0.0888. The van der Waals surface area contributed by atoms with E-state index in [9.17, 15) is 5.11 Å². The third kappa shape index (κ3) is 2.91. The average molecular weight is 232 g/mol. The van der Waals surface area contributed by atoms with E-state index in [1.165, 1.54) is 11.1 Å². The van der Waals surface area contributed by atoms with Crippen LogP contribution in [0.25, 0.3) is 0 Å². The van der Waals surface area contributed by atoms with Crippen molar-refractivity contribution in [3.8, 4) is 0 Å². The molecule has 0 aliphatic carbocycles. The number of benzene rings is 1. The van der Waals surface area contributed by atoms with Crippen LogP contribution in [0.15, 0.2) is 22.7 Å². The fraction of sp³-hybridized carbons (Fsp3) is 0.385. The number of aliphatic hydroxyl groups excluding tert-OH is 1. The van der Waals surface area contributed by atoms with Gasteiger partial charge in [-0.15, -0.1) is 0 Å². The Bertz CT molecular complexity index is 498. The molecule has 1 heterocycles. The lowest BCUT2D eigenvalue weighted by Gasteiger charge is -2.01. The van der Waals surface area contributed by atoms with Crippen molar-refractivity contribution in [2.45, 2.75) is 33.3 Å². The van der Waals surface area contributed by atoms with Gasteiger partial charge in [-0.05, 0) is 26.3 Å². The second-order valence-electron chi connectivity index (χ2n) is 4.40. The maximum absolute atomic E-state index is 9.30. The van der Waals surface area contributed by atoms with Crippen LogP contribution in [0, 0.1) is 13.8 Å². The van der Waals surface area contributed by atoms with E-state index >= 15 is 0 Å². The summed E-state index contributed by atoms with van der Waals surface area (Å²) in [6.45, 7) is 5.73. The second kappa shape index (κ2) is 4.67. The van der Waals surface area contributed by atoms with Gasteiger partial charge in [0, 0.05) is 6.42 Å². The van der Waals surface area contributed by atoms with Gasteiger partial charge in [-0.3, -0.25) is 0 Å².